The molecule has 0 unspecified atom stereocenters. The van der Waals surface area contributed by atoms with Gasteiger partial charge in [-0.2, -0.15) is 0 Å². The van der Waals surface area contributed by atoms with E-state index in [9.17, 15) is 0 Å². The molecule has 2 rings (SSSR count). The van der Waals surface area contributed by atoms with Crippen LogP contribution in [0.2, 0.25) is 0 Å². The summed E-state index contributed by atoms with van der Waals surface area (Å²) in [5.41, 5.74) is 0.595. The average molecular weight is 210 g/mol. The molecule has 2 fully saturated rings. The molecule has 15 heavy (non-hydrogen) atoms. The van der Waals surface area contributed by atoms with Crippen LogP contribution < -0.4 is 0 Å². The van der Waals surface area contributed by atoms with Gasteiger partial charge in [0.25, 0.3) is 0 Å². The molecule has 2 aliphatic rings. The molecule has 0 bridgehead atoms. The van der Waals surface area contributed by atoms with Crippen LogP contribution >= 0.6 is 0 Å². The lowest BCUT2D eigenvalue weighted by atomic mass is 9.82. The van der Waals surface area contributed by atoms with Crippen LogP contribution in [0.15, 0.2) is 0 Å². The molecule has 2 saturated heterocycles. The van der Waals surface area contributed by atoms with Gasteiger partial charge in [0, 0.05) is 25.2 Å². The monoisotopic (exact) mass is 210 g/mol. The molecule has 88 valence electrons. The summed E-state index contributed by atoms with van der Waals surface area (Å²) in [6, 6.07) is 1.60. The zero-order chi connectivity index (χ0) is 11.1. The Bertz CT molecular complexity index is 207. The van der Waals surface area contributed by atoms with Crippen molar-refractivity contribution in [1.29, 1.82) is 0 Å². The summed E-state index contributed by atoms with van der Waals surface area (Å²) in [6.07, 6.45) is 2.76. The Morgan fingerprint density at radius 1 is 1.07 bits per heavy atom. The second kappa shape index (κ2) is 4.06. The topological polar surface area (TPSA) is 6.48 Å². The van der Waals surface area contributed by atoms with Crippen molar-refractivity contribution in [3.8, 4) is 0 Å². The number of hydrogen-bond acceptors (Lipinski definition) is 2. The summed E-state index contributed by atoms with van der Waals surface area (Å²) in [7, 11) is 0. The molecule has 2 heterocycles. The minimum Gasteiger partial charge on any atom is -0.298 e. The molecular weight excluding hydrogens is 184 g/mol. The van der Waals surface area contributed by atoms with E-state index in [0.29, 0.717) is 5.41 Å². The summed E-state index contributed by atoms with van der Waals surface area (Å²) in [5, 5.41) is 0. The van der Waals surface area contributed by atoms with Crippen LogP contribution in [0.4, 0.5) is 0 Å². The lowest BCUT2D eigenvalue weighted by Crippen LogP contribution is -2.62. The van der Waals surface area contributed by atoms with Gasteiger partial charge in [-0.3, -0.25) is 9.80 Å². The Morgan fingerprint density at radius 3 is 2.07 bits per heavy atom. The fraction of sp³-hybridized carbons (Fsp3) is 1.00. The highest BCUT2D eigenvalue weighted by Crippen LogP contribution is 2.32. The first-order chi connectivity index (χ1) is 6.98. The molecule has 0 amide bonds. The van der Waals surface area contributed by atoms with E-state index in [0.717, 1.165) is 12.1 Å². The maximum atomic E-state index is 2.71. The summed E-state index contributed by atoms with van der Waals surface area (Å²) in [6.45, 7) is 14.7. The maximum Gasteiger partial charge on any atom is 0.0350 e. The standard InChI is InChI=1S/C13H26N2/c1-11(2)15-9-12(10-15)14-7-5-13(3,4)6-8-14/h11-12H,5-10H2,1-4H3. The van der Waals surface area contributed by atoms with Crippen molar-refractivity contribution in [3.63, 3.8) is 0 Å². The van der Waals surface area contributed by atoms with Crippen molar-refractivity contribution in [2.24, 2.45) is 5.41 Å². The highest BCUT2D eigenvalue weighted by atomic mass is 15.3. The van der Waals surface area contributed by atoms with Crippen LogP contribution in [0, 0.1) is 5.41 Å². The molecule has 2 aliphatic heterocycles. The zero-order valence-electron chi connectivity index (χ0n) is 10.8. The smallest absolute Gasteiger partial charge is 0.0350 e. The Kier molecular flexibility index (Phi) is 3.09. The van der Waals surface area contributed by atoms with E-state index in [1.807, 2.05) is 0 Å². The van der Waals surface area contributed by atoms with Crippen LogP contribution in [0.1, 0.15) is 40.5 Å². The molecule has 0 aromatic heterocycles. The van der Waals surface area contributed by atoms with Crippen molar-refractivity contribution < 1.29 is 0 Å². The molecule has 0 atom stereocenters. The lowest BCUT2D eigenvalue weighted by molar-refractivity contribution is -0.0119. The van der Waals surface area contributed by atoms with Gasteiger partial charge in [-0.25, -0.2) is 0 Å². The largest absolute Gasteiger partial charge is 0.298 e. The SMILES string of the molecule is CC(C)N1CC(N2CCC(C)(C)CC2)C1. The van der Waals surface area contributed by atoms with Gasteiger partial charge in [-0.15, -0.1) is 0 Å². The molecule has 0 aliphatic carbocycles. The van der Waals surface area contributed by atoms with Crippen LogP contribution in [0.5, 0.6) is 0 Å². The molecular formula is C13H26N2. The van der Waals surface area contributed by atoms with E-state index in [4.69, 9.17) is 0 Å². The molecule has 0 N–H and O–H groups in total. The van der Waals surface area contributed by atoms with Crippen molar-refractivity contribution in [2.75, 3.05) is 26.2 Å². The minimum atomic E-state index is 0.595. The van der Waals surface area contributed by atoms with E-state index in [1.54, 1.807) is 0 Å². The molecule has 0 saturated carbocycles. The summed E-state index contributed by atoms with van der Waals surface area (Å²) < 4.78 is 0. The van der Waals surface area contributed by atoms with E-state index in [2.05, 4.69) is 37.5 Å². The third kappa shape index (κ3) is 2.54. The van der Waals surface area contributed by atoms with Crippen LogP contribution in [0.3, 0.4) is 0 Å². The summed E-state index contributed by atoms with van der Waals surface area (Å²) in [5.74, 6) is 0. The lowest BCUT2D eigenvalue weighted by Gasteiger charge is -2.50. The number of nitrogens with zero attached hydrogens (tertiary/aromatic N) is 2. The van der Waals surface area contributed by atoms with Gasteiger partial charge < -0.3 is 0 Å². The van der Waals surface area contributed by atoms with Gasteiger partial charge in [0.1, 0.15) is 0 Å². The van der Waals surface area contributed by atoms with Gasteiger partial charge in [-0.1, -0.05) is 13.8 Å². The van der Waals surface area contributed by atoms with Crippen molar-refractivity contribution in [1.82, 2.24) is 9.80 Å². The molecule has 0 radical (unpaired) electrons. The quantitative estimate of drug-likeness (QED) is 0.689. The van der Waals surface area contributed by atoms with Crippen molar-refractivity contribution in [3.05, 3.63) is 0 Å². The Hall–Kier alpha value is -0.0800. The first-order valence-corrected chi connectivity index (χ1v) is 6.46. The molecule has 0 aromatic carbocycles. The highest BCUT2D eigenvalue weighted by molar-refractivity contribution is 4.92. The van der Waals surface area contributed by atoms with Gasteiger partial charge >= 0.3 is 0 Å². The maximum absolute atomic E-state index is 2.71. The van der Waals surface area contributed by atoms with Crippen molar-refractivity contribution in [2.45, 2.75) is 52.6 Å². The number of piperidine rings is 1. The second-order valence-electron chi connectivity index (χ2n) is 6.40. The fourth-order valence-electron chi connectivity index (χ4n) is 2.63. The zero-order valence-corrected chi connectivity index (χ0v) is 10.8. The third-order valence-electron chi connectivity index (χ3n) is 4.29. The number of rotatable bonds is 2. The van der Waals surface area contributed by atoms with Gasteiger partial charge in [0.15, 0.2) is 0 Å². The fourth-order valence-corrected chi connectivity index (χ4v) is 2.63. The van der Waals surface area contributed by atoms with Gasteiger partial charge in [0.2, 0.25) is 0 Å². The van der Waals surface area contributed by atoms with Crippen molar-refractivity contribution >= 4 is 0 Å². The Balaban J connectivity index is 1.75. The third-order valence-corrected chi connectivity index (χ3v) is 4.29. The summed E-state index contributed by atoms with van der Waals surface area (Å²) in [4.78, 5) is 5.29. The summed E-state index contributed by atoms with van der Waals surface area (Å²) >= 11 is 0. The molecule has 0 spiro atoms. The van der Waals surface area contributed by atoms with E-state index in [1.165, 1.54) is 39.0 Å². The number of hydrogen-bond donors (Lipinski definition) is 0. The normalized spacial score (nSPS) is 29.4. The number of likely N-dealkylation sites (tertiary alicyclic amines) is 2. The van der Waals surface area contributed by atoms with Crippen LogP contribution in [-0.4, -0.2) is 48.1 Å². The van der Waals surface area contributed by atoms with E-state index >= 15 is 0 Å². The Morgan fingerprint density at radius 2 is 1.60 bits per heavy atom. The first-order valence-electron chi connectivity index (χ1n) is 6.46. The van der Waals surface area contributed by atoms with Gasteiger partial charge in [-0.05, 0) is 45.2 Å². The minimum absolute atomic E-state index is 0.595. The van der Waals surface area contributed by atoms with Crippen LogP contribution in [0.25, 0.3) is 0 Å². The molecule has 2 heteroatoms. The molecule has 2 nitrogen and oxygen atoms in total. The Labute approximate surface area is 94.6 Å². The highest BCUT2D eigenvalue weighted by Gasteiger charge is 2.36. The predicted octanol–water partition coefficient (Wildman–Crippen LogP) is 2.20. The van der Waals surface area contributed by atoms with Gasteiger partial charge in [0.05, 0.1) is 0 Å². The van der Waals surface area contributed by atoms with E-state index in [-0.39, 0.29) is 0 Å². The first kappa shape index (κ1) is 11.4. The van der Waals surface area contributed by atoms with Crippen LogP contribution in [-0.2, 0) is 0 Å². The van der Waals surface area contributed by atoms with E-state index < -0.39 is 0 Å². The molecule has 0 aromatic rings. The average Bonchev–Trinajstić information content (AvgIpc) is 2.04. The second-order valence-corrected chi connectivity index (χ2v) is 6.40. The predicted molar refractivity (Wildman–Crippen MR) is 65.1 cm³/mol.